The van der Waals surface area contributed by atoms with Gasteiger partial charge in [-0.2, -0.15) is 0 Å². The average Bonchev–Trinajstić information content (AvgIpc) is 2.16. The van der Waals surface area contributed by atoms with E-state index in [0.29, 0.717) is 12.5 Å². The van der Waals surface area contributed by atoms with Crippen LogP contribution in [0.1, 0.15) is 27.2 Å². The standard InChI is InChI=1S/C10H24N2O/c1-5-10(3,8-11)12(4)6-9(2)7-13/h9,13H,5-8,11H2,1-4H3. The number of likely N-dealkylation sites (N-methyl/N-ethyl adjacent to an activating group) is 1. The van der Waals surface area contributed by atoms with Gasteiger partial charge in [0.1, 0.15) is 0 Å². The Morgan fingerprint density at radius 1 is 1.54 bits per heavy atom. The third-order valence-electron chi connectivity index (χ3n) is 3.02. The predicted octanol–water partition coefficient (Wildman–Crippen LogP) is 0.674. The number of aliphatic hydroxyl groups is 1. The molecule has 3 nitrogen and oxygen atoms in total. The van der Waals surface area contributed by atoms with Crippen molar-refractivity contribution in [1.82, 2.24) is 4.90 Å². The van der Waals surface area contributed by atoms with Crippen LogP contribution in [0.4, 0.5) is 0 Å². The van der Waals surface area contributed by atoms with Crippen LogP contribution >= 0.6 is 0 Å². The predicted molar refractivity (Wildman–Crippen MR) is 56.6 cm³/mol. The van der Waals surface area contributed by atoms with Gasteiger partial charge in [-0.25, -0.2) is 0 Å². The van der Waals surface area contributed by atoms with Gasteiger partial charge in [-0.05, 0) is 26.3 Å². The second-order valence-electron chi connectivity index (χ2n) is 4.22. The first kappa shape index (κ1) is 12.9. The Hall–Kier alpha value is -0.120. The van der Waals surface area contributed by atoms with Gasteiger partial charge in [0, 0.05) is 25.2 Å². The van der Waals surface area contributed by atoms with Crippen molar-refractivity contribution >= 4 is 0 Å². The molecular formula is C10H24N2O. The van der Waals surface area contributed by atoms with Crippen molar-refractivity contribution < 1.29 is 5.11 Å². The molecule has 0 aliphatic heterocycles. The van der Waals surface area contributed by atoms with E-state index in [-0.39, 0.29) is 12.1 Å². The summed E-state index contributed by atoms with van der Waals surface area (Å²) in [6.07, 6.45) is 1.04. The maximum absolute atomic E-state index is 8.94. The minimum atomic E-state index is 0.0728. The van der Waals surface area contributed by atoms with Crippen LogP contribution in [0.25, 0.3) is 0 Å². The van der Waals surface area contributed by atoms with E-state index in [4.69, 9.17) is 10.8 Å². The van der Waals surface area contributed by atoms with Gasteiger partial charge in [0.2, 0.25) is 0 Å². The summed E-state index contributed by atoms with van der Waals surface area (Å²) in [5.74, 6) is 0.322. The third kappa shape index (κ3) is 3.63. The maximum atomic E-state index is 8.94. The molecule has 0 saturated heterocycles. The van der Waals surface area contributed by atoms with E-state index >= 15 is 0 Å². The number of nitrogens with two attached hydrogens (primary N) is 1. The molecule has 0 fully saturated rings. The van der Waals surface area contributed by atoms with Crippen molar-refractivity contribution in [2.45, 2.75) is 32.7 Å². The minimum Gasteiger partial charge on any atom is -0.396 e. The Bertz CT molecular complexity index is 135. The summed E-state index contributed by atoms with van der Waals surface area (Å²) < 4.78 is 0. The van der Waals surface area contributed by atoms with Gasteiger partial charge in [-0.3, -0.25) is 4.90 Å². The van der Waals surface area contributed by atoms with E-state index in [1.165, 1.54) is 0 Å². The zero-order chi connectivity index (χ0) is 10.5. The fourth-order valence-electron chi connectivity index (χ4n) is 1.32. The van der Waals surface area contributed by atoms with Crippen molar-refractivity contribution in [3.63, 3.8) is 0 Å². The monoisotopic (exact) mass is 188 g/mol. The summed E-state index contributed by atoms with van der Waals surface area (Å²) in [5, 5.41) is 8.94. The fraction of sp³-hybridized carbons (Fsp3) is 1.00. The fourth-order valence-corrected chi connectivity index (χ4v) is 1.32. The molecule has 80 valence electrons. The highest BCUT2D eigenvalue weighted by molar-refractivity contribution is 4.84. The smallest absolute Gasteiger partial charge is 0.0468 e. The van der Waals surface area contributed by atoms with Crippen molar-refractivity contribution in [2.75, 3.05) is 26.7 Å². The van der Waals surface area contributed by atoms with Gasteiger partial charge in [0.15, 0.2) is 0 Å². The van der Waals surface area contributed by atoms with E-state index < -0.39 is 0 Å². The zero-order valence-electron chi connectivity index (χ0n) is 9.38. The molecule has 2 unspecified atom stereocenters. The second-order valence-corrected chi connectivity index (χ2v) is 4.22. The highest BCUT2D eigenvalue weighted by Crippen LogP contribution is 2.17. The third-order valence-corrected chi connectivity index (χ3v) is 3.02. The Morgan fingerprint density at radius 2 is 2.08 bits per heavy atom. The van der Waals surface area contributed by atoms with E-state index in [9.17, 15) is 0 Å². The van der Waals surface area contributed by atoms with Gasteiger partial charge < -0.3 is 10.8 Å². The van der Waals surface area contributed by atoms with Crippen LogP contribution in [0, 0.1) is 5.92 Å². The topological polar surface area (TPSA) is 49.5 Å². The quantitative estimate of drug-likeness (QED) is 0.644. The molecule has 0 radical (unpaired) electrons. The average molecular weight is 188 g/mol. The summed E-state index contributed by atoms with van der Waals surface area (Å²) >= 11 is 0. The molecule has 0 heterocycles. The summed E-state index contributed by atoms with van der Waals surface area (Å²) in [6.45, 7) is 8.16. The van der Waals surface area contributed by atoms with Crippen LogP contribution in [0.5, 0.6) is 0 Å². The molecule has 0 rings (SSSR count). The van der Waals surface area contributed by atoms with Gasteiger partial charge in [0.25, 0.3) is 0 Å². The van der Waals surface area contributed by atoms with Crippen LogP contribution in [-0.4, -0.2) is 42.3 Å². The lowest BCUT2D eigenvalue weighted by molar-refractivity contribution is 0.101. The Morgan fingerprint density at radius 3 is 2.38 bits per heavy atom. The van der Waals surface area contributed by atoms with Crippen molar-refractivity contribution in [3.05, 3.63) is 0 Å². The molecule has 0 aliphatic carbocycles. The molecule has 3 N–H and O–H groups in total. The molecule has 0 saturated carbocycles. The van der Waals surface area contributed by atoms with E-state index in [1.54, 1.807) is 0 Å². The second kappa shape index (κ2) is 5.58. The number of hydrogen-bond acceptors (Lipinski definition) is 3. The van der Waals surface area contributed by atoms with Gasteiger partial charge in [0.05, 0.1) is 0 Å². The Balaban J connectivity index is 4.13. The normalized spacial score (nSPS) is 18.7. The molecule has 0 aromatic carbocycles. The SMILES string of the molecule is CCC(C)(CN)N(C)CC(C)CO. The van der Waals surface area contributed by atoms with Crippen molar-refractivity contribution in [1.29, 1.82) is 0 Å². The van der Waals surface area contributed by atoms with Gasteiger partial charge in [-0.1, -0.05) is 13.8 Å². The number of aliphatic hydroxyl groups excluding tert-OH is 1. The highest BCUT2D eigenvalue weighted by Gasteiger charge is 2.26. The first-order chi connectivity index (χ1) is 6.00. The Kier molecular flexibility index (Phi) is 5.53. The highest BCUT2D eigenvalue weighted by atomic mass is 16.3. The van der Waals surface area contributed by atoms with Crippen LogP contribution in [0.2, 0.25) is 0 Å². The summed E-state index contributed by atoms with van der Waals surface area (Å²) in [7, 11) is 2.07. The first-order valence-corrected chi connectivity index (χ1v) is 5.02. The number of hydrogen-bond donors (Lipinski definition) is 2. The summed E-state index contributed by atoms with van der Waals surface area (Å²) in [6, 6.07) is 0. The molecule has 0 amide bonds. The molecule has 0 aromatic rings. The van der Waals surface area contributed by atoms with E-state index in [0.717, 1.165) is 13.0 Å². The number of rotatable bonds is 6. The maximum Gasteiger partial charge on any atom is 0.0468 e. The van der Waals surface area contributed by atoms with Crippen molar-refractivity contribution in [2.24, 2.45) is 11.7 Å². The summed E-state index contributed by atoms with van der Waals surface area (Å²) in [5.41, 5.74) is 5.80. The Labute approximate surface area is 81.9 Å². The van der Waals surface area contributed by atoms with Crippen LogP contribution in [0.15, 0.2) is 0 Å². The number of nitrogens with zero attached hydrogens (tertiary/aromatic N) is 1. The molecule has 3 heteroatoms. The largest absolute Gasteiger partial charge is 0.396 e. The van der Waals surface area contributed by atoms with Gasteiger partial charge in [-0.15, -0.1) is 0 Å². The van der Waals surface area contributed by atoms with E-state index in [1.807, 2.05) is 6.92 Å². The van der Waals surface area contributed by atoms with Crippen LogP contribution in [0.3, 0.4) is 0 Å². The lowest BCUT2D eigenvalue weighted by Gasteiger charge is -2.38. The molecule has 0 aliphatic rings. The molecule has 0 spiro atoms. The van der Waals surface area contributed by atoms with Crippen LogP contribution < -0.4 is 5.73 Å². The molecule has 0 bridgehead atoms. The minimum absolute atomic E-state index is 0.0728. The zero-order valence-corrected chi connectivity index (χ0v) is 9.38. The van der Waals surface area contributed by atoms with Crippen LogP contribution in [-0.2, 0) is 0 Å². The first-order valence-electron chi connectivity index (χ1n) is 5.02. The molecular weight excluding hydrogens is 164 g/mol. The van der Waals surface area contributed by atoms with Crippen molar-refractivity contribution in [3.8, 4) is 0 Å². The molecule has 0 aromatic heterocycles. The van der Waals surface area contributed by atoms with E-state index in [2.05, 4.69) is 25.8 Å². The lowest BCUT2D eigenvalue weighted by atomic mass is 9.96. The summed E-state index contributed by atoms with van der Waals surface area (Å²) in [4.78, 5) is 2.24. The molecule has 13 heavy (non-hydrogen) atoms. The lowest BCUT2D eigenvalue weighted by Crippen LogP contribution is -2.50. The molecule has 2 atom stereocenters. The van der Waals surface area contributed by atoms with Gasteiger partial charge >= 0.3 is 0 Å².